The van der Waals surface area contributed by atoms with Crippen LogP contribution in [0.25, 0.3) is 6.08 Å². The van der Waals surface area contributed by atoms with Crippen LogP contribution in [0.15, 0.2) is 71.6 Å². The molecule has 3 aromatic carbocycles. The summed E-state index contributed by atoms with van der Waals surface area (Å²) in [6, 6.07) is 17.3. The van der Waals surface area contributed by atoms with Gasteiger partial charge < -0.3 is 4.74 Å². The van der Waals surface area contributed by atoms with Gasteiger partial charge in [0.1, 0.15) is 18.2 Å². The van der Waals surface area contributed by atoms with Gasteiger partial charge in [0.15, 0.2) is 0 Å². The number of benzene rings is 3. The Balaban J connectivity index is 1.45. The maximum absolute atomic E-state index is 13.3. The molecule has 0 radical (unpaired) electrons. The molecule has 2 amide bonds. The number of nitro groups is 1. The Labute approximate surface area is 211 Å². The first kappa shape index (κ1) is 23.9. The van der Waals surface area contributed by atoms with E-state index in [0.29, 0.717) is 22.4 Å². The lowest BCUT2D eigenvalue weighted by atomic mass is 10.1. The van der Waals surface area contributed by atoms with Gasteiger partial charge >= 0.3 is 0 Å². The summed E-state index contributed by atoms with van der Waals surface area (Å²) in [5.41, 5.74) is 1.81. The zero-order chi connectivity index (χ0) is 24.2. The van der Waals surface area contributed by atoms with E-state index in [0.717, 1.165) is 20.2 Å². The van der Waals surface area contributed by atoms with Gasteiger partial charge in [-0.25, -0.2) is 4.39 Å². The fourth-order valence-corrected chi connectivity index (χ4v) is 4.78. The van der Waals surface area contributed by atoms with Crippen LogP contribution in [0.5, 0.6) is 5.75 Å². The topological polar surface area (TPSA) is 89.8 Å². The molecule has 172 valence electrons. The first-order valence-electron chi connectivity index (χ1n) is 9.95. The minimum atomic E-state index is -0.523. The summed E-state index contributed by atoms with van der Waals surface area (Å²) in [7, 11) is 0. The summed E-state index contributed by atoms with van der Waals surface area (Å²) in [6.07, 6.45) is 1.62. The van der Waals surface area contributed by atoms with Crippen LogP contribution in [0.1, 0.15) is 16.7 Å². The standard InChI is InChI=1S/C24H16FIN2O5S/c25-18-5-1-4-17(9-18)14-33-21-8-7-15(11-20(21)26)12-22-23(29)27(24(30)34-22)13-16-3-2-6-19(10-16)28(31)32/h1-12H,13-14H2/b22-12+. The Morgan fingerprint density at radius 1 is 1.06 bits per heavy atom. The second-order valence-electron chi connectivity index (χ2n) is 7.30. The Morgan fingerprint density at radius 2 is 1.82 bits per heavy atom. The van der Waals surface area contributed by atoms with Crippen LogP contribution in [-0.4, -0.2) is 21.0 Å². The van der Waals surface area contributed by atoms with E-state index in [-0.39, 0.29) is 29.6 Å². The van der Waals surface area contributed by atoms with Crippen molar-refractivity contribution in [3.05, 3.63) is 108 Å². The highest BCUT2D eigenvalue weighted by atomic mass is 127. The number of nitro benzene ring substituents is 1. The van der Waals surface area contributed by atoms with Gasteiger partial charge in [0.25, 0.3) is 16.8 Å². The van der Waals surface area contributed by atoms with E-state index < -0.39 is 16.1 Å². The third-order valence-electron chi connectivity index (χ3n) is 4.87. The lowest BCUT2D eigenvalue weighted by Gasteiger charge is -2.12. The molecule has 1 aliphatic rings. The Kier molecular flexibility index (Phi) is 7.27. The number of non-ortho nitro benzene ring substituents is 1. The Bertz CT molecular complexity index is 1330. The minimum absolute atomic E-state index is 0.0475. The Hall–Kier alpha value is -3.25. The molecule has 0 spiro atoms. The van der Waals surface area contributed by atoms with Crippen molar-refractivity contribution in [1.82, 2.24) is 4.90 Å². The van der Waals surface area contributed by atoms with Crippen LogP contribution < -0.4 is 4.74 Å². The van der Waals surface area contributed by atoms with Gasteiger partial charge in [0, 0.05) is 12.1 Å². The molecule has 1 fully saturated rings. The highest BCUT2D eigenvalue weighted by molar-refractivity contribution is 14.1. The SMILES string of the molecule is O=C1S/C(=C/c2ccc(OCc3cccc(F)c3)c(I)c2)C(=O)N1Cc1cccc([N+](=O)[O-])c1. The zero-order valence-electron chi connectivity index (χ0n) is 17.4. The van der Waals surface area contributed by atoms with E-state index in [2.05, 4.69) is 22.6 Å². The van der Waals surface area contributed by atoms with Gasteiger partial charge in [-0.3, -0.25) is 24.6 Å². The summed E-state index contributed by atoms with van der Waals surface area (Å²) in [6.45, 7) is 0.164. The summed E-state index contributed by atoms with van der Waals surface area (Å²) in [5.74, 6) is -0.172. The van der Waals surface area contributed by atoms with E-state index in [1.165, 1.54) is 30.3 Å². The number of halogens is 2. The van der Waals surface area contributed by atoms with Crippen LogP contribution in [0, 0.1) is 19.5 Å². The van der Waals surface area contributed by atoms with Crippen molar-refractivity contribution in [1.29, 1.82) is 0 Å². The molecule has 0 bridgehead atoms. The van der Waals surface area contributed by atoms with Crippen molar-refractivity contribution in [3.63, 3.8) is 0 Å². The third kappa shape index (κ3) is 5.62. The number of imide groups is 1. The van der Waals surface area contributed by atoms with E-state index >= 15 is 0 Å². The van der Waals surface area contributed by atoms with Gasteiger partial charge in [-0.2, -0.15) is 0 Å². The molecule has 1 saturated heterocycles. The smallest absolute Gasteiger partial charge is 0.293 e. The molecule has 0 N–H and O–H groups in total. The summed E-state index contributed by atoms with van der Waals surface area (Å²) < 4.78 is 19.9. The second kappa shape index (κ2) is 10.3. The molecule has 4 rings (SSSR count). The fraction of sp³-hybridized carbons (Fsp3) is 0.0833. The highest BCUT2D eigenvalue weighted by Crippen LogP contribution is 2.34. The molecule has 3 aromatic rings. The third-order valence-corrected chi connectivity index (χ3v) is 6.62. The molecule has 0 unspecified atom stereocenters. The van der Waals surface area contributed by atoms with Crippen molar-refractivity contribution in [3.8, 4) is 5.75 Å². The number of nitrogens with zero attached hydrogens (tertiary/aromatic N) is 2. The average Bonchev–Trinajstić information content (AvgIpc) is 3.06. The monoisotopic (exact) mass is 590 g/mol. The van der Waals surface area contributed by atoms with Crippen molar-refractivity contribution >= 4 is 57.3 Å². The van der Waals surface area contributed by atoms with Crippen molar-refractivity contribution in [2.45, 2.75) is 13.2 Å². The largest absolute Gasteiger partial charge is 0.488 e. The number of carbonyl (C=O) groups excluding carboxylic acids is 2. The number of hydrogen-bond donors (Lipinski definition) is 0. The molecule has 0 aliphatic carbocycles. The van der Waals surface area contributed by atoms with Crippen LogP contribution in [-0.2, 0) is 17.9 Å². The van der Waals surface area contributed by atoms with Gasteiger partial charge in [-0.1, -0.05) is 30.3 Å². The van der Waals surface area contributed by atoms with Crippen LogP contribution in [0.4, 0.5) is 14.9 Å². The molecule has 1 aliphatic heterocycles. The molecule has 10 heteroatoms. The van der Waals surface area contributed by atoms with E-state index in [1.54, 1.807) is 36.4 Å². The number of ether oxygens (including phenoxy) is 1. The van der Waals surface area contributed by atoms with Crippen LogP contribution in [0.2, 0.25) is 0 Å². The van der Waals surface area contributed by atoms with Crippen LogP contribution >= 0.6 is 34.4 Å². The molecular formula is C24H16FIN2O5S. The molecule has 7 nitrogen and oxygen atoms in total. The number of thioether (sulfide) groups is 1. The zero-order valence-corrected chi connectivity index (χ0v) is 20.4. The molecule has 0 atom stereocenters. The van der Waals surface area contributed by atoms with Gasteiger partial charge in [0.2, 0.25) is 0 Å². The first-order chi connectivity index (χ1) is 16.3. The normalized spacial score (nSPS) is 14.6. The highest BCUT2D eigenvalue weighted by Gasteiger charge is 2.35. The van der Waals surface area contributed by atoms with Gasteiger partial charge in [0.05, 0.1) is 19.9 Å². The van der Waals surface area contributed by atoms with Gasteiger partial charge in [-0.05, 0) is 81.4 Å². The first-order valence-corrected chi connectivity index (χ1v) is 11.8. The summed E-state index contributed by atoms with van der Waals surface area (Å²) >= 11 is 2.93. The van der Waals surface area contributed by atoms with Crippen molar-refractivity contribution in [2.24, 2.45) is 0 Å². The van der Waals surface area contributed by atoms with E-state index in [4.69, 9.17) is 4.74 Å². The lowest BCUT2D eigenvalue weighted by Crippen LogP contribution is -2.27. The predicted octanol–water partition coefficient (Wildman–Crippen LogP) is 6.15. The number of rotatable bonds is 7. The van der Waals surface area contributed by atoms with E-state index in [1.807, 2.05) is 6.07 Å². The van der Waals surface area contributed by atoms with Crippen LogP contribution in [0.3, 0.4) is 0 Å². The molecule has 0 saturated carbocycles. The molecule has 1 heterocycles. The number of hydrogen-bond acceptors (Lipinski definition) is 6. The predicted molar refractivity (Wildman–Crippen MR) is 135 cm³/mol. The molecule has 0 aromatic heterocycles. The summed E-state index contributed by atoms with van der Waals surface area (Å²) in [4.78, 5) is 37.0. The summed E-state index contributed by atoms with van der Waals surface area (Å²) in [5, 5.41) is 10.5. The average molecular weight is 590 g/mol. The van der Waals surface area contributed by atoms with Crippen molar-refractivity contribution < 1.29 is 23.6 Å². The number of carbonyl (C=O) groups is 2. The van der Waals surface area contributed by atoms with Gasteiger partial charge in [-0.15, -0.1) is 0 Å². The molecular weight excluding hydrogens is 574 g/mol. The number of amides is 2. The second-order valence-corrected chi connectivity index (χ2v) is 9.46. The maximum atomic E-state index is 13.3. The fourth-order valence-electron chi connectivity index (χ4n) is 3.25. The minimum Gasteiger partial charge on any atom is -0.488 e. The maximum Gasteiger partial charge on any atom is 0.293 e. The Morgan fingerprint density at radius 3 is 2.56 bits per heavy atom. The van der Waals surface area contributed by atoms with Crippen molar-refractivity contribution in [2.75, 3.05) is 0 Å². The van der Waals surface area contributed by atoms with E-state index in [9.17, 15) is 24.1 Å². The lowest BCUT2D eigenvalue weighted by molar-refractivity contribution is -0.384. The molecule has 34 heavy (non-hydrogen) atoms. The quantitative estimate of drug-likeness (QED) is 0.142.